The Labute approximate surface area is 80.0 Å². The first-order valence-electron chi connectivity index (χ1n) is 5.09. The maximum atomic E-state index is 9.13. The van der Waals surface area contributed by atoms with E-state index < -0.39 is 0 Å². The Morgan fingerprint density at radius 2 is 2.08 bits per heavy atom. The number of aliphatic hydroxyl groups is 1. The molecule has 4 atom stereocenters. The maximum Gasteiger partial charge on any atom is 0.155 e. The molecule has 4 unspecified atom stereocenters. The van der Waals surface area contributed by atoms with E-state index in [0.29, 0.717) is 0 Å². The molecule has 1 N–H and O–H groups in total. The van der Waals surface area contributed by atoms with E-state index in [1.54, 1.807) is 0 Å². The first-order valence-corrected chi connectivity index (χ1v) is 5.09. The second kappa shape index (κ2) is 4.94. The van der Waals surface area contributed by atoms with E-state index in [0.717, 1.165) is 12.8 Å². The van der Waals surface area contributed by atoms with Gasteiger partial charge in [-0.1, -0.05) is 6.92 Å². The lowest BCUT2D eigenvalue weighted by atomic mass is 9.95. The van der Waals surface area contributed by atoms with Crippen LogP contribution in [-0.4, -0.2) is 30.2 Å². The molecule has 3 heteroatoms. The first kappa shape index (κ1) is 11.0. The molecule has 1 aliphatic rings. The molecule has 0 aliphatic carbocycles. The van der Waals surface area contributed by atoms with E-state index in [4.69, 9.17) is 14.6 Å². The van der Waals surface area contributed by atoms with Crippen LogP contribution in [-0.2, 0) is 9.47 Å². The molecule has 0 aromatic rings. The van der Waals surface area contributed by atoms with Gasteiger partial charge < -0.3 is 14.6 Å². The normalized spacial score (nSPS) is 37.4. The van der Waals surface area contributed by atoms with Gasteiger partial charge in [-0.25, -0.2) is 0 Å². The molecule has 1 fully saturated rings. The Morgan fingerprint density at radius 1 is 1.38 bits per heavy atom. The number of aliphatic hydroxyl groups excluding tert-OH is 1. The highest BCUT2D eigenvalue weighted by Gasteiger charge is 2.29. The molecule has 78 valence electrons. The Morgan fingerprint density at radius 3 is 2.54 bits per heavy atom. The third kappa shape index (κ3) is 2.93. The molecule has 0 saturated carbocycles. The molecule has 0 amide bonds. The number of ether oxygens (including phenoxy) is 2. The van der Waals surface area contributed by atoms with E-state index in [2.05, 4.69) is 13.8 Å². The van der Waals surface area contributed by atoms with Gasteiger partial charge in [-0.2, -0.15) is 0 Å². The molecular weight excluding hydrogens is 168 g/mol. The van der Waals surface area contributed by atoms with Crippen LogP contribution in [0.25, 0.3) is 0 Å². The Bertz CT molecular complexity index is 135. The standard InChI is InChI=1S/C10H20O3/c1-4-9(6-11)10-5-7(2)12-8(3)13-10/h7-11H,4-6H2,1-3H3. The Kier molecular flexibility index (Phi) is 4.16. The summed E-state index contributed by atoms with van der Waals surface area (Å²) in [5, 5.41) is 9.13. The highest BCUT2D eigenvalue weighted by molar-refractivity contribution is 4.75. The lowest BCUT2D eigenvalue weighted by molar-refractivity contribution is -0.242. The molecular formula is C10H20O3. The van der Waals surface area contributed by atoms with Crippen LogP contribution in [0.1, 0.15) is 33.6 Å². The minimum atomic E-state index is -0.130. The van der Waals surface area contributed by atoms with Gasteiger partial charge in [-0.15, -0.1) is 0 Å². The van der Waals surface area contributed by atoms with Gasteiger partial charge in [-0.3, -0.25) is 0 Å². The molecule has 1 heterocycles. The molecule has 0 aromatic heterocycles. The summed E-state index contributed by atoms with van der Waals surface area (Å²) >= 11 is 0. The van der Waals surface area contributed by atoms with Crippen molar-refractivity contribution in [3.8, 4) is 0 Å². The summed E-state index contributed by atoms with van der Waals surface area (Å²) in [7, 11) is 0. The summed E-state index contributed by atoms with van der Waals surface area (Å²) in [6, 6.07) is 0. The third-order valence-electron chi connectivity index (χ3n) is 2.64. The summed E-state index contributed by atoms with van der Waals surface area (Å²) in [4.78, 5) is 0. The molecule has 0 radical (unpaired) electrons. The Balaban J connectivity index is 2.48. The van der Waals surface area contributed by atoms with E-state index in [1.807, 2.05) is 6.92 Å². The average molecular weight is 188 g/mol. The highest BCUT2D eigenvalue weighted by Crippen LogP contribution is 2.25. The highest BCUT2D eigenvalue weighted by atomic mass is 16.7. The quantitative estimate of drug-likeness (QED) is 0.730. The zero-order valence-electron chi connectivity index (χ0n) is 8.69. The lowest BCUT2D eigenvalue weighted by Crippen LogP contribution is -2.40. The van der Waals surface area contributed by atoms with Crippen LogP contribution < -0.4 is 0 Å². The molecule has 3 nitrogen and oxygen atoms in total. The topological polar surface area (TPSA) is 38.7 Å². The van der Waals surface area contributed by atoms with E-state index >= 15 is 0 Å². The van der Waals surface area contributed by atoms with Crippen molar-refractivity contribution in [1.29, 1.82) is 0 Å². The van der Waals surface area contributed by atoms with Crippen molar-refractivity contribution >= 4 is 0 Å². The van der Waals surface area contributed by atoms with Gasteiger partial charge in [0.05, 0.1) is 12.2 Å². The predicted molar refractivity (Wildman–Crippen MR) is 50.4 cm³/mol. The van der Waals surface area contributed by atoms with Crippen molar-refractivity contribution in [2.75, 3.05) is 6.61 Å². The maximum absolute atomic E-state index is 9.13. The van der Waals surface area contributed by atoms with E-state index in [9.17, 15) is 0 Å². The van der Waals surface area contributed by atoms with Gasteiger partial charge in [0.1, 0.15) is 0 Å². The minimum absolute atomic E-state index is 0.130. The second-order valence-corrected chi connectivity index (χ2v) is 3.78. The van der Waals surface area contributed by atoms with Crippen molar-refractivity contribution in [3.05, 3.63) is 0 Å². The average Bonchev–Trinajstić information content (AvgIpc) is 2.04. The van der Waals surface area contributed by atoms with Crippen LogP contribution in [0.15, 0.2) is 0 Å². The number of hydrogen-bond acceptors (Lipinski definition) is 3. The summed E-state index contributed by atoms with van der Waals surface area (Å²) < 4.78 is 11.1. The summed E-state index contributed by atoms with van der Waals surface area (Å²) in [5.41, 5.74) is 0. The van der Waals surface area contributed by atoms with Gasteiger partial charge in [0.15, 0.2) is 6.29 Å². The number of hydrogen-bond donors (Lipinski definition) is 1. The van der Waals surface area contributed by atoms with E-state index in [-0.39, 0.29) is 31.0 Å². The lowest BCUT2D eigenvalue weighted by Gasteiger charge is -2.36. The molecule has 1 aliphatic heterocycles. The van der Waals surface area contributed by atoms with Gasteiger partial charge in [0.2, 0.25) is 0 Å². The van der Waals surface area contributed by atoms with Gasteiger partial charge in [-0.05, 0) is 20.3 Å². The smallest absolute Gasteiger partial charge is 0.155 e. The molecule has 1 rings (SSSR count). The fourth-order valence-electron chi connectivity index (χ4n) is 1.86. The van der Waals surface area contributed by atoms with Crippen LogP contribution in [0.2, 0.25) is 0 Å². The van der Waals surface area contributed by atoms with Crippen LogP contribution in [0.3, 0.4) is 0 Å². The summed E-state index contributed by atoms with van der Waals surface area (Å²) in [6.45, 7) is 6.25. The monoisotopic (exact) mass is 188 g/mol. The molecule has 0 bridgehead atoms. The summed E-state index contributed by atoms with van der Waals surface area (Å²) in [6.07, 6.45) is 2.13. The van der Waals surface area contributed by atoms with Crippen molar-refractivity contribution in [1.82, 2.24) is 0 Å². The van der Waals surface area contributed by atoms with Crippen molar-refractivity contribution in [2.24, 2.45) is 5.92 Å². The molecule has 0 spiro atoms. The van der Waals surface area contributed by atoms with Gasteiger partial charge >= 0.3 is 0 Å². The minimum Gasteiger partial charge on any atom is -0.396 e. The van der Waals surface area contributed by atoms with Crippen LogP contribution >= 0.6 is 0 Å². The second-order valence-electron chi connectivity index (χ2n) is 3.78. The van der Waals surface area contributed by atoms with Gasteiger partial charge in [0.25, 0.3) is 0 Å². The fourth-order valence-corrected chi connectivity index (χ4v) is 1.86. The van der Waals surface area contributed by atoms with Crippen molar-refractivity contribution in [3.63, 3.8) is 0 Å². The molecule has 1 saturated heterocycles. The Hall–Kier alpha value is -0.120. The van der Waals surface area contributed by atoms with Crippen LogP contribution in [0, 0.1) is 5.92 Å². The van der Waals surface area contributed by atoms with Crippen LogP contribution in [0.5, 0.6) is 0 Å². The molecule has 13 heavy (non-hydrogen) atoms. The zero-order valence-corrected chi connectivity index (χ0v) is 8.69. The van der Waals surface area contributed by atoms with Crippen molar-refractivity contribution < 1.29 is 14.6 Å². The first-order chi connectivity index (χ1) is 6.17. The zero-order chi connectivity index (χ0) is 9.84. The summed E-state index contributed by atoms with van der Waals surface area (Å²) in [5.74, 6) is 0.258. The molecule has 0 aromatic carbocycles. The predicted octanol–water partition coefficient (Wildman–Crippen LogP) is 1.54. The van der Waals surface area contributed by atoms with Crippen molar-refractivity contribution in [2.45, 2.75) is 52.1 Å². The third-order valence-corrected chi connectivity index (χ3v) is 2.64. The van der Waals surface area contributed by atoms with E-state index in [1.165, 1.54) is 0 Å². The van der Waals surface area contributed by atoms with Crippen LogP contribution in [0.4, 0.5) is 0 Å². The SMILES string of the molecule is CCC(CO)C1CC(C)OC(C)O1. The number of rotatable bonds is 3. The largest absolute Gasteiger partial charge is 0.396 e. The van der Waals surface area contributed by atoms with Gasteiger partial charge in [0, 0.05) is 18.9 Å². The fraction of sp³-hybridized carbons (Fsp3) is 1.00.